The Kier molecular flexibility index (Phi) is 7.50. The number of morpholine rings is 1. The first-order chi connectivity index (χ1) is 12.8. The number of anilines is 1. The first-order valence-electron chi connectivity index (χ1n) is 9.77. The average molecular weight is 377 g/mol. The molecule has 1 heterocycles. The Hall–Kier alpha value is -1.40. The van der Waals surface area contributed by atoms with Crippen molar-refractivity contribution in [1.82, 2.24) is 10.6 Å². The second-order valence-corrected chi connectivity index (χ2v) is 8.11. The molecule has 144 valence electrons. The summed E-state index contributed by atoms with van der Waals surface area (Å²) in [5, 5.41) is 7.80. The van der Waals surface area contributed by atoms with E-state index < -0.39 is 0 Å². The highest BCUT2D eigenvalue weighted by Gasteiger charge is 2.24. The van der Waals surface area contributed by atoms with Crippen LogP contribution in [0.3, 0.4) is 0 Å². The van der Waals surface area contributed by atoms with Gasteiger partial charge in [0.2, 0.25) is 0 Å². The van der Waals surface area contributed by atoms with E-state index in [1.807, 2.05) is 11.8 Å². The molecule has 2 unspecified atom stereocenters. The topological polar surface area (TPSA) is 48.9 Å². The Morgan fingerprint density at radius 1 is 1.23 bits per heavy atom. The van der Waals surface area contributed by atoms with Crippen molar-refractivity contribution in [3.05, 3.63) is 29.8 Å². The van der Waals surface area contributed by atoms with Crippen LogP contribution in [0.5, 0.6) is 0 Å². The Morgan fingerprint density at radius 2 is 2.00 bits per heavy atom. The predicted octanol–water partition coefficient (Wildman–Crippen LogP) is 2.86. The third kappa shape index (κ3) is 5.55. The lowest BCUT2D eigenvalue weighted by Gasteiger charge is -2.28. The summed E-state index contributed by atoms with van der Waals surface area (Å²) in [6.07, 6.45) is 6.00. The zero-order chi connectivity index (χ0) is 18.2. The number of hydrogen-bond acceptors (Lipinski definition) is 4. The van der Waals surface area contributed by atoms with Crippen LogP contribution in [0.1, 0.15) is 31.7 Å². The van der Waals surface area contributed by atoms with Crippen LogP contribution in [0.25, 0.3) is 0 Å². The molecule has 0 amide bonds. The molecule has 1 aliphatic carbocycles. The SMILES string of the molecule is CCNC(=NCc1ccc(N2CCOCC2)cc1)NC1CCC(SC)C1. The minimum Gasteiger partial charge on any atom is -0.378 e. The number of thioether (sulfide) groups is 1. The van der Waals surface area contributed by atoms with Gasteiger partial charge in [-0.3, -0.25) is 0 Å². The molecule has 1 aromatic carbocycles. The number of rotatable bonds is 6. The molecule has 2 N–H and O–H groups in total. The second-order valence-electron chi connectivity index (χ2n) is 6.97. The number of nitrogens with zero attached hydrogens (tertiary/aromatic N) is 2. The van der Waals surface area contributed by atoms with E-state index in [-0.39, 0.29) is 0 Å². The van der Waals surface area contributed by atoms with Gasteiger partial charge >= 0.3 is 0 Å². The van der Waals surface area contributed by atoms with E-state index in [4.69, 9.17) is 9.73 Å². The van der Waals surface area contributed by atoms with Crippen molar-refractivity contribution in [2.75, 3.05) is 44.0 Å². The Balaban J connectivity index is 1.55. The van der Waals surface area contributed by atoms with E-state index in [1.54, 1.807) is 0 Å². The van der Waals surface area contributed by atoms with Gasteiger partial charge in [-0.05, 0) is 50.1 Å². The van der Waals surface area contributed by atoms with E-state index in [9.17, 15) is 0 Å². The van der Waals surface area contributed by atoms with Gasteiger partial charge in [0.15, 0.2) is 5.96 Å². The van der Waals surface area contributed by atoms with Crippen molar-refractivity contribution < 1.29 is 4.74 Å². The minimum absolute atomic E-state index is 0.550. The molecule has 2 fully saturated rings. The van der Waals surface area contributed by atoms with Gasteiger partial charge in [-0.2, -0.15) is 11.8 Å². The molecule has 0 radical (unpaired) electrons. The smallest absolute Gasteiger partial charge is 0.191 e. The van der Waals surface area contributed by atoms with E-state index >= 15 is 0 Å². The highest BCUT2D eigenvalue weighted by Crippen LogP contribution is 2.28. The Labute approximate surface area is 162 Å². The molecule has 1 saturated heterocycles. The predicted molar refractivity (Wildman–Crippen MR) is 112 cm³/mol. The lowest BCUT2D eigenvalue weighted by molar-refractivity contribution is 0.122. The third-order valence-electron chi connectivity index (χ3n) is 5.14. The highest BCUT2D eigenvalue weighted by atomic mass is 32.2. The molecule has 2 aliphatic rings. The van der Waals surface area contributed by atoms with Crippen LogP contribution in [0.15, 0.2) is 29.3 Å². The minimum atomic E-state index is 0.550. The van der Waals surface area contributed by atoms with Crippen LogP contribution < -0.4 is 15.5 Å². The summed E-state index contributed by atoms with van der Waals surface area (Å²) in [4.78, 5) is 7.17. The third-order valence-corrected chi connectivity index (χ3v) is 6.23. The maximum atomic E-state index is 5.43. The van der Waals surface area contributed by atoms with Crippen molar-refractivity contribution >= 4 is 23.4 Å². The standard InChI is InChI=1S/C20H32N4OS/c1-3-21-20(23-17-6-9-19(14-17)26-2)22-15-16-4-7-18(8-5-16)24-10-12-25-13-11-24/h4-5,7-8,17,19H,3,6,9-15H2,1-2H3,(H2,21,22,23). The van der Waals surface area contributed by atoms with E-state index in [0.717, 1.165) is 44.1 Å². The van der Waals surface area contributed by atoms with Gasteiger partial charge in [0.1, 0.15) is 0 Å². The molecule has 0 bridgehead atoms. The maximum absolute atomic E-state index is 5.43. The fraction of sp³-hybridized carbons (Fsp3) is 0.650. The molecular formula is C20H32N4OS. The zero-order valence-electron chi connectivity index (χ0n) is 16.0. The zero-order valence-corrected chi connectivity index (χ0v) is 16.9. The summed E-state index contributed by atoms with van der Waals surface area (Å²) in [5.74, 6) is 0.941. The van der Waals surface area contributed by atoms with Gasteiger partial charge in [-0.1, -0.05) is 12.1 Å². The van der Waals surface area contributed by atoms with Gasteiger partial charge in [-0.15, -0.1) is 0 Å². The summed E-state index contributed by atoms with van der Waals surface area (Å²) in [5.41, 5.74) is 2.52. The number of guanidine groups is 1. The summed E-state index contributed by atoms with van der Waals surface area (Å²) in [7, 11) is 0. The van der Waals surface area contributed by atoms with Crippen LogP contribution in [-0.4, -0.2) is 56.4 Å². The summed E-state index contributed by atoms with van der Waals surface area (Å²) in [6.45, 7) is 7.31. The van der Waals surface area contributed by atoms with Crippen LogP contribution in [0, 0.1) is 0 Å². The number of aliphatic imine (C=N–C) groups is 1. The maximum Gasteiger partial charge on any atom is 0.191 e. The largest absolute Gasteiger partial charge is 0.378 e. The normalized spacial score (nSPS) is 23.9. The molecule has 3 rings (SSSR count). The quantitative estimate of drug-likeness (QED) is 0.591. The van der Waals surface area contributed by atoms with Gasteiger partial charge in [-0.25, -0.2) is 4.99 Å². The highest BCUT2D eigenvalue weighted by molar-refractivity contribution is 7.99. The molecule has 2 atom stereocenters. The Bertz CT molecular complexity index is 572. The van der Waals surface area contributed by atoms with Crippen molar-refractivity contribution in [2.24, 2.45) is 4.99 Å². The van der Waals surface area contributed by atoms with Crippen LogP contribution >= 0.6 is 11.8 Å². The molecule has 6 heteroatoms. The summed E-state index contributed by atoms with van der Waals surface area (Å²) >= 11 is 1.99. The lowest BCUT2D eigenvalue weighted by atomic mass is 10.2. The first-order valence-corrected chi connectivity index (χ1v) is 11.1. The number of nitrogens with one attached hydrogen (secondary N) is 2. The van der Waals surface area contributed by atoms with E-state index in [1.165, 1.54) is 30.5 Å². The van der Waals surface area contributed by atoms with E-state index in [2.05, 4.69) is 53.0 Å². The van der Waals surface area contributed by atoms with Crippen LogP contribution in [-0.2, 0) is 11.3 Å². The molecule has 26 heavy (non-hydrogen) atoms. The Morgan fingerprint density at radius 3 is 2.65 bits per heavy atom. The molecule has 1 saturated carbocycles. The van der Waals surface area contributed by atoms with Crippen LogP contribution in [0.2, 0.25) is 0 Å². The average Bonchev–Trinajstić information content (AvgIpc) is 3.15. The molecular weight excluding hydrogens is 344 g/mol. The monoisotopic (exact) mass is 376 g/mol. The van der Waals surface area contributed by atoms with Gasteiger partial charge in [0, 0.05) is 36.6 Å². The van der Waals surface area contributed by atoms with Crippen LogP contribution in [0.4, 0.5) is 5.69 Å². The molecule has 0 aromatic heterocycles. The fourth-order valence-corrected chi connectivity index (χ4v) is 4.40. The summed E-state index contributed by atoms with van der Waals surface area (Å²) < 4.78 is 5.43. The van der Waals surface area contributed by atoms with Gasteiger partial charge in [0.05, 0.1) is 19.8 Å². The molecule has 5 nitrogen and oxygen atoms in total. The molecule has 1 aromatic rings. The number of ether oxygens (including phenoxy) is 1. The van der Waals surface area contributed by atoms with Crippen molar-refractivity contribution in [2.45, 2.75) is 44.0 Å². The number of hydrogen-bond donors (Lipinski definition) is 2. The first kappa shape index (κ1) is 19.4. The van der Waals surface area contributed by atoms with Crippen molar-refractivity contribution in [3.8, 4) is 0 Å². The van der Waals surface area contributed by atoms with Gasteiger partial charge in [0.25, 0.3) is 0 Å². The van der Waals surface area contributed by atoms with Crippen molar-refractivity contribution in [1.29, 1.82) is 0 Å². The fourth-order valence-electron chi connectivity index (χ4n) is 3.60. The lowest BCUT2D eigenvalue weighted by Crippen LogP contribution is -2.42. The van der Waals surface area contributed by atoms with Crippen molar-refractivity contribution in [3.63, 3.8) is 0 Å². The molecule has 1 aliphatic heterocycles. The summed E-state index contributed by atoms with van der Waals surface area (Å²) in [6, 6.07) is 9.34. The van der Waals surface area contributed by atoms with Gasteiger partial charge < -0.3 is 20.3 Å². The number of benzene rings is 1. The second kappa shape index (κ2) is 10.1. The van der Waals surface area contributed by atoms with E-state index in [0.29, 0.717) is 12.6 Å². The molecule has 0 spiro atoms.